The predicted molar refractivity (Wildman–Crippen MR) is 83.0 cm³/mol. The molecule has 1 aromatic carbocycles. The average Bonchev–Trinajstić information content (AvgIpc) is 2.94. The molecule has 2 rings (SSSR count). The van der Waals surface area contributed by atoms with Crippen molar-refractivity contribution in [1.29, 1.82) is 5.26 Å². The number of anilines is 1. The van der Waals surface area contributed by atoms with E-state index in [-0.39, 0.29) is 0 Å². The summed E-state index contributed by atoms with van der Waals surface area (Å²) in [7, 11) is 3.16. The Labute approximate surface area is 129 Å². The van der Waals surface area contributed by atoms with E-state index >= 15 is 0 Å². The first kappa shape index (κ1) is 15.3. The minimum absolute atomic E-state index is 0.403. The molecule has 0 aliphatic heterocycles. The van der Waals surface area contributed by atoms with Gasteiger partial charge in [0.1, 0.15) is 28.9 Å². The summed E-state index contributed by atoms with van der Waals surface area (Å²) in [4.78, 5) is 0. The molecule has 0 fully saturated rings. The molecule has 0 saturated carbocycles. The number of aromatic nitrogens is 2. The summed E-state index contributed by atoms with van der Waals surface area (Å²) in [5.74, 6) is 7.75. The highest BCUT2D eigenvalue weighted by Gasteiger charge is 2.10. The second-order valence-corrected chi connectivity index (χ2v) is 4.32. The van der Waals surface area contributed by atoms with E-state index in [1.807, 2.05) is 6.92 Å². The van der Waals surface area contributed by atoms with Gasteiger partial charge in [0.15, 0.2) is 5.69 Å². The lowest BCUT2D eigenvalue weighted by molar-refractivity contribution is 0.394. The molecule has 22 heavy (non-hydrogen) atoms. The normalized spacial score (nSPS) is 9.36. The monoisotopic (exact) mass is 296 g/mol. The molecule has 2 aromatic rings. The maximum Gasteiger partial charge on any atom is 0.155 e. The van der Waals surface area contributed by atoms with E-state index in [1.165, 1.54) is 0 Å². The van der Waals surface area contributed by atoms with Crippen molar-refractivity contribution in [1.82, 2.24) is 10.2 Å². The number of aromatic amines is 1. The molecule has 0 aliphatic rings. The van der Waals surface area contributed by atoms with Crippen molar-refractivity contribution >= 4 is 5.82 Å². The summed E-state index contributed by atoms with van der Waals surface area (Å²) >= 11 is 0. The highest BCUT2D eigenvalue weighted by atomic mass is 16.5. The highest BCUT2D eigenvalue weighted by molar-refractivity contribution is 5.60. The first-order valence-corrected chi connectivity index (χ1v) is 6.69. The van der Waals surface area contributed by atoms with Crippen LogP contribution in [-0.2, 0) is 0 Å². The number of benzene rings is 1. The number of nitrogens with one attached hydrogen (secondary N) is 2. The van der Waals surface area contributed by atoms with Crippen LogP contribution in [0.15, 0.2) is 18.2 Å². The van der Waals surface area contributed by atoms with Gasteiger partial charge >= 0.3 is 0 Å². The van der Waals surface area contributed by atoms with Gasteiger partial charge in [-0.25, -0.2) is 0 Å². The molecule has 1 heterocycles. The first-order chi connectivity index (χ1) is 10.7. The van der Waals surface area contributed by atoms with E-state index in [2.05, 4.69) is 33.4 Å². The van der Waals surface area contributed by atoms with Crippen molar-refractivity contribution in [2.75, 3.05) is 26.1 Å². The Morgan fingerprint density at radius 3 is 2.41 bits per heavy atom. The number of rotatable bonds is 4. The van der Waals surface area contributed by atoms with Crippen LogP contribution in [0.4, 0.5) is 5.82 Å². The lowest BCUT2D eigenvalue weighted by atomic mass is 10.2. The number of hydrogen-bond acceptors (Lipinski definition) is 5. The van der Waals surface area contributed by atoms with Gasteiger partial charge in [0.05, 0.1) is 14.2 Å². The predicted octanol–water partition coefficient (Wildman–Crippen LogP) is 2.13. The van der Waals surface area contributed by atoms with E-state index in [0.29, 0.717) is 40.7 Å². The van der Waals surface area contributed by atoms with Crippen LogP contribution in [0.25, 0.3) is 0 Å². The summed E-state index contributed by atoms with van der Waals surface area (Å²) in [6, 6.07) is 7.45. The van der Waals surface area contributed by atoms with Gasteiger partial charge in [0, 0.05) is 18.2 Å². The second kappa shape index (κ2) is 7.05. The highest BCUT2D eigenvalue weighted by Crippen LogP contribution is 2.22. The van der Waals surface area contributed by atoms with Crippen molar-refractivity contribution in [3.63, 3.8) is 0 Å². The third kappa shape index (κ3) is 3.31. The number of ether oxygens (including phenoxy) is 2. The molecule has 0 bridgehead atoms. The molecule has 112 valence electrons. The number of hydrogen-bond donors (Lipinski definition) is 2. The molecule has 0 spiro atoms. The lowest BCUT2D eigenvalue weighted by Gasteiger charge is -2.04. The van der Waals surface area contributed by atoms with Gasteiger partial charge in [-0.15, -0.1) is 0 Å². The topological polar surface area (TPSA) is 83.0 Å². The van der Waals surface area contributed by atoms with Crippen LogP contribution in [0.2, 0.25) is 0 Å². The Kier molecular flexibility index (Phi) is 4.89. The number of nitrogens with zero attached hydrogens (tertiary/aromatic N) is 2. The zero-order chi connectivity index (χ0) is 15.9. The molecule has 0 aliphatic carbocycles. The van der Waals surface area contributed by atoms with Gasteiger partial charge in [0.2, 0.25) is 0 Å². The summed E-state index contributed by atoms with van der Waals surface area (Å²) < 4.78 is 10.4. The molecular formula is C16H16N4O2. The van der Waals surface area contributed by atoms with Crippen LogP contribution in [0.5, 0.6) is 11.5 Å². The standard InChI is InChI=1S/C16H16N4O2/c1-4-18-16-14(10-17)15(19-20-16)6-5-11-7-12(21-2)9-13(8-11)22-3/h7-9H,4H2,1-3H3,(H2,18,19,20). The second-order valence-electron chi connectivity index (χ2n) is 4.32. The van der Waals surface area contributed by atoms with Gasteiger partial charge in [-0.05, 0) is 25.0 Å². The minimum atomic E-state index is 0.403. The Balaban J connectivity index is 2.37. The molecule has 6 nitrogen and oxygen atoms in total. The van der Waals surface area contributed by atoms with Gasteiger partial charge in [-0.3, -0.25) is 5.10 Å². The average molecular weight is 296 g/mol. The third-order valence-corrected chi connectivity index (χ3v) is 2.91. The van der Waals surface area contributed by atoms with Crippen LogP contribution in [0.3, 0.4) is 0 Å². The first-order valence-electron chi connectivity index (χ1n) is 6.69. The van der Waals surface area contributed by atoms with Gasteiger partial charge in [0.25, 0.3) is 0 Å². The molecule has 0 amide bonds. The quantitative estimate of drug-likeness (QED) is 0.845. The fourth-order valence-electron chi connectivity index (χ4n) is 1.86. The summed E-state index contributed by atoms with van der Waals surface area (Å²) in [6.07, 6.45) is 0. The van der Waals surface area contributed by atoms with Crippen molar-refractivity contribution in [3.8, 4) is 29.4 Å². The largest absolute Gasteiger partial charge is 0.497 e. The van der Waals surface area contributed by atoms with Crippen molar-refractivity contribution in [2.24, 2.45) is 0 Å². The van der Waals surface area contributed by atoms with Crippen LogP contribution in [-0.4, -0.2) is 31.0 Å². The van der Waals surface area contributed by atoms with Crippen LogP contribution >= 0.6 is 0 Å². The molecule has 0 atom stereocenters. The molecule has 6 heteroatoms. The fourth-order valence-corrected chi connectivity index (χ4v) is 1.86. The van der Waals surface area contributed by atoms with E-state index in [4.69, 9.17) is 9.47 Å². The lowest BCUT2D eigenvalue weighted by Crippen LogP contribution is -1.98. The Morgan fingerprint density at radius 1 is 1.18 bits per heavy atom. The molecular weight excluding hydrogens is 280 g/mol. The number of methoxy groups -OCH3 is 2. The van der Waals surface area contributed by atoms with Crippen molar-refractivity contribution in [3.05, 3.63) is 35.0 Å². The van der Waals surface area contributed by atoms with Crippen LogP contribution in [0, 0.1) is 23.2 Å². The zero-order valence-electron chi connectivity index (χ0n) is 12.7. The SMILES string of the molecule is CCNc1[nH]nc(C#Cc2cc(OC)cc(OC)c2)c1C#N. The van der Waals surface area contributed by atoms with Crippen LogP contribution < -0.4 is 14.8 Å². The van der Waals surface area contributed by atoms with Crippen LogP contribution in [0.1, 0.15) is 23.7 Å². The number of nitriles is 1. The molecule has 0 unspecified atom stereocenters. The van der Waals surface area contributed by atoms with Crippen molar-refractivity contribution < 1.29 is 9.47 Å². The van der Waals surface area contributed by atoms with Gasteiger partial charge < -0.3 is 14.8 Å². The molecule has 1 aromatic heterocycles. The van der Waals surface area contributed by atoms with Gasteiger partial charge in [-0.1, -0.05) is 5.92 Å². The fraction of sp³-hybridized carbons (Fsp3) is 0.250. The Bertz CT molecular complexity index is 740. The van der Waals surface area contributed by atoms with E-state index in [0.717, 1.165) is 0 Å². The Hall–Kier alpha value is -3.12. The smallest absolute Gasteiger partial charge is 0.155 e. The zero-order valence-corrected chi connectivity index (χ0v) is 12.7. The molecule has 0 radical (unpaired) electrons. The third-order valence-electron chi connectivity index (χ3n) is 2.91. The van der Waals surface area contributed by atoms with E-state index < -0.39 is 0 Å². The Morgan fingerprint density at radius 2 is 1.86 bits per heavy atom. The number of H-pyrrole nitrogens is 1. The van der Waals surface area contributed by atoms with Crippen molar-refractivity contribution in [2.45, 2.75) is 6.92 Å². The van der Waals surface area contributed by atoms with Gasteiger partial charge in [-0.2, -0.15) is 10.4 Å². The summed E-state index contributed by atoms with van der Waals surface area (Å²) in [5, 5.41) is 19.1. The van der Waals surface area contributed by atoms with E-state index in [1.54, 1.807) is 32.4 Å². The maximum atomic E-state index is 9.22. The molecule has 0 saturated heterocycles. The minimum Gasteiger partial charge on any atom is -0.497 e. The van der Waals surface area contributed by atoms with E-state index in [9.17, 15) is 5.26 Å². The molecule has 2 N–H and O–H groups in total. The maximum absolute atomic E-state index is 9.22. The summed E-state index contributed by atoms with van der Waals surface area (Å²) in [6.45, 7) is 2.63. The summed E-state index contributed by atoms with van der Waals surface area (Å²) in [5.41, 5.74) is 1.53.